The van der Waals surface area contributed by atoms with E-state index in [4.69, 9.17) is 8.83 Å². The number of benzene rings is 2. The molecule has 4 rings (SSSR count). The molecule has 1 N–H and O–H groups in total. The van der Waals surface area contributed by atoms with Gasteiger partial charge in [0.15, 0.2) is 0 Å². The van der Waals surface area contributed by atoms with Gasteiger partial charge in [0.2, 0.25) is 5.91 Å². The Kier molecular flexibility index (Phi) is 5.80. The van der Waals surface area contributed by atoms with Crippen molar-refractivity contribution in [3.63, 3.8) is 0 Å². The molecule has 33 heavy (non-hydrogen) atoms. The Bertz CT molecular complexity index is 1450. The first kappa shape index (κ1) is 22.3. The third-order valence-electron chi connectivity index (χ3n) is 6.06. The van der Waals surface area contributed by atoms with E-state index in [1.807, 2.05) is 50.2 Å². The van der Waals surface area contributed by atoms with E-state index in [9.17, 15) is 19.5 Å². The summed E-state index contributed by atoms with van der Waals surface area (Å²) < 4.78 is 11.7. The monoisotopic (exact) mass is 446 g/mol. The Morgan fingerprint density at radius 1 is 1.00 bits per heavy atom. The normalized spacial score (nSPS) is 12.2. The topological polar surface area (TPSA) is 113 Å². The third-order valence-corrected chi connectivity index (χ3v) is 6.06. The number of furan rings is 1. The van der Waals surface area contributed by atoms with Crippen LogP contribution in [0.2, 0.25) is 0 Å². The number of nitrogens with one attached hydrogen (secondary N) is 1. The summed E-state index contributed by atoms with van der Waals surface area (Å²) in [5.41, 5.74) is 3.89. The molecule has 2 aromatic heterocycles. The molecule has 0 bridgehead atoms. The second-order valence-electron chi connectivity index (χ2n) is 8.17. The minimum absolute atomic E-state index is 0.179. The van der Waals surface area contributed by atoms with Crippen molar-refractivity contribution in [2.45, 2.75) is 46.6 Å². The van der Waals surface area contributed by atoms with Crippen molar-refractivity contribution >= 4 is 33.8 Å². The van der Waals surface area contributed by atoms with E-state index in [-0.39, 0.29) is 18.4 Å². The molecule has 0 saturated carbocycles. The molecule has 0 aliphatic carbocycles. The molecule has 0 saturated heterocycles. The van der Waals surface area contributed by atoms with Gasteiger partial charge in [-0.3, -0.25) is 4.79 Å². The van der Waals surface area contributed by atoms with Crippen molar-refractivity contribution in [3.05, 3.63) is 69.3 Å². The van der Waals surface area contributed by atoms with Crippen LogP contribution < -0.4 is 16.0 Å². The Morgan fingerprint density at radius 2 is 1.67 bits per heavy atom. The average molecular weight is 446 g/mol. The van der Waals surface area contributed by atoms with Crippen LogP contribution in [-0.4, -0.2) is 17.9 Å². The van der Waals surface area contributed by atoms with Gasteiger partial charge in [-0.15, -0.1) is 0 Å². The molecule has 4 aromatic rings. The van der Waals surface area contributed by atoms with E-state index >= 15 is 0 Å². The van der Waals surface area contributed by atoms with Crippen LogP contribution in [0.5, 0.6) is 0 Å². The molecule has 7 nitrogen and oxygen atoms in total. The van der Waals surface area contributed by atoms with Crippen LogP contribution in [0.4, 0.5) is 0 Å². The summed E-state index contributed by atoms with van der Waals surface area (Å²) in [6, 6.07) is 10.7. The number of amides is 1. The molecule has 1 atom stereocenters. The lowest BCUT2D eigenvalue weighted by Gasteiger charge is -2.18. The largest absolute Gasteiger partial charge is 0.548 e. The Morgan fingerprint density at radius 3 is 2.30 bits per heavy atom. The van der Waals surface area contributed by atoms with Crippen LogP contribution in [-0.2, 0) is 16.0 Å². The molecular formula is C26H24NO6-. The highest BCUT2D eigenvalue weighted by Gasteiger charge is 2.22. The van der Waals surface area contributed by atoms with E-state index in [2.05, 4.69) is 5.32 Å². The standard InChI is InChI=1S/C26H25NO6/c1-5-20(25(29)30)27-21(28)12-18-13(2)17-11-19-22(16-9-7-6-8-10-16)15(4)32-24(19)14(3)23(17)33-26(18)31/h6-11,20H,5,12H2,1-4H3,(H,27,28)(H,29,30)/p-1/t20-/m1/s1. The summed E-state index contributed by atoms with van der Waals surface area (Å²) in [4.78, 5) is 36.3. The van der Waals surface area contributed by atoms with Crippen LogP contribution in [0, 0.1) is 20.8 Å². The number of hydrogen-bond donors (Lipinski definition) is 1. The van der Waals surface area contributed by atoms with Crippen molar-refractivity contribution in [1.82, 2.24) is 5.32 Å². The minimum Gasteiger partial charge on any atom is -0.548 e. The van der Waals surface area contributed by atoms with Gasteiger partial charge in [0.1, 0.15) is 16.9 Å². The number of carboxylic acid groups (broad SMARTS) is 1. The van der Waals surface area contributed by atoms with Crippen LogP contribution in [0.3, 0.4) is 0 Å². The second-order valence-corrected chi connectivity index (χ2v) is 8.17. The van der Waals surface area contributed by atoms with E-state index in [1.54, 1.807) is 13.8 Å². The number of carbonyl (C=O) groups excluding carboxylic acids is 2. The van der Waals surface area contributed by atoms with Crippen LogP contribution >= 0.6 is 0 Å². The molecule has 0 fully saturated rings. The summed E-state index contributed by atoms with van der Waals surface area (Å²) in [7, 11) is 0. The number of carbonyl (C=O) groups is 2. The smallest absolute Gasteiger partial charge is 0.340 e. The lowest BCUT2D eigenvalue weighted by molar-refractivity contribution is -0.308. The van der Waals surface area contributed by atoms with Gasteiger partial charge in [-0.1, -0.05) is 37.3 Å². The van der Waals surface area contributed by atoms with Crippen LogP contribution in [0.15, 0.2) is 50.0 Å². The zero-order valence-electron chi connectivity index (χ0n) is 18.9. The Labute approximate surface area is 190 Å². The minimum atomic E-state index is -1.37. The summed E-state index contributed by atoms with van der Waals surface area (Å²) >= 11 is 0. The molecule has 0 aliphatic heterocycles. The predicted molar refractivity (Wildman–Crippen MR) is 123 cm³/mol. The van der Waals surface area contributed by atoms with Gasteiger partial charge in [0.05, 0.1) is 24.0 Å². The molecule has 1 amide bonds. The van der Waals surface area contributed by atoms with E-state index in [1.165, 1.54) is 0 Å². The van der Waals surface area contributed by atoms with Gasteiger partial charge in [-0.05, 0) is 44.4 Å². The maximum absolute atomic E-state index is 12.8. The van der Waals surface area contributed by atoms with Gasteiger partial charge in [0, 0.05) is 21.9 Å². The summed E-state index contributed by atoms with van der Waals surface area (Å²) in [5.74, 6) is -1.19. The van der Waals surface area contributed by atoms with E-state index < -0.39 is 23.5 Å². The van der Waals surface area contributed by atoms with Crippen molar-refractivity contribution in [1.29, 1.82) is 0 Å². The highest BCUT2D eigenvalue weighted by Crippen LogP contribution is 2.39. The van der Waals surface area contributed by atoms with Crippen molar-refractivity contribution in [2.75, 3.05) is 0 Å². The van der Waals surface area contributed by atoms with E-state index in [0.717, 1.165) is 22.3 Å². The van der Waals surface area contributed by atoms with Gasteiger partial charge in [-0.25, -0.2) is 4.79 Å². The quantitative estimate of drug-likeness (QED) is 0.455. The fourth-order valence-corrected chi connectivity index (χ4v) is 4.28. The lowest BCUT2D eigenvalue weighted by Crippen LogP contribution is -2.48. The molecule has 2 aromatic carbocycles. The Hall–Kier alpha value is -3.87. The fraction of sp³-hybridized carbons (Fsp3) is 0.269. The molecule has 0 radical (unpaired) electrons. The van der Waals surface area contributed by atoms with Crippen molar-refractivity contribution in [3.8, 4) is 11.1 Å². The second kappa shape index (κ2) is 8.58. The highest BCUT2D eigenvalue weighted by molar-refractivity contribution is 6.06. The Balaban J connectivity index is 1.87. The number of carboxylic acids is 1. The van der Waals surface area contributed by atoms with Crippen LogP contribution in [0.25, 0.3) is 33.1 Å². The average Bonchev–Trinajstić information content (AvgIpc) is 3.12. The maximum Gasteiger partial charge on any atom is 0.340 e. The zero-order chi connectivity index (χ0) is 23.9. The first-order valence-electron chi connectivity index (χ1n) is 10.8. The predicted octanol–water partition coefficient (Wildman–Crippen LogP) is 3.32. The SMILES string of the molecule is CC[C@@H](NC(=O)Cc1c(C)c2cc3c(-c4ccccc4)c(C)oc3c(C)c2oc1=O)C(=O)[O-]. The van der Waals surface area contributed by atoms with Crippen molar-refractivity contribution < 1.29 is 23.5 Å². The van der Waals surface area contributed by atoms with Crippen LogP contribution in [0.1, 0.15) is 35.8 Å². The first-order chi connectivity index (χ1) is 15.7. The molecule has 0 unspecified atom stereocenters. The first-order valence-corrected chi connectivity index (χ1v) is 10.8. The molecule has 7 heteroatoms. The number of fused-ring (bicyclic) bond motifs is 2. The molecule has 0 aliphatic rings. The van der Waals surface area contributed by atoms with Gasteiger partial charge < -0.3 is 24.1 Å². The number of hydrogen-bond acceptors (Lipinski definition) is 6. The molecular weight excluding hydrogens is 422 g/mol. The van der Waals surface area contributed by atoms with Gasteiger partial charge in [0.25, 0.3) is 0 Å². The highest BCUT2D eigenvalue weighted by atomic mass is 16.4. The van der Waals surface area contributed by atoms with Gasteiger partial charge >= 0.3 is 5.63 Å². The number of aryl methyl sites for hydroxylation is 3. The number of aliphatic carboxylic acids is 1. The summed E-state index contributed by atoms with van der Waals surface area (Å²) in [6.07, 6.45) is -0.112. The lowest BCUT2D eigenvalue weighted by atomic mass is 9.96. The van der Waals surface area contributed by atoms with Gasteiger partial charge in [-0.2, -0.15) is 0 Å². The maximum atomic E-state index is 12.8. The number of rotatable bonds is 6. The zero-order valence-corrected chi connectivity index (χ0v) is 18.9. The fourth-order valence-electron chi connectivity index (χ4n) is 4.28. The molecule has 170 valence electrons. The van der Waals surface area contributed by atoms with Crippen molar-refractivity contribution in [2.24, 2.45) is 0 Å². The third kappa shape index (κ3) is 3.91. The van der Waals surface area contributed by atoms with E-state index in [0.29, 0.717) is 27.7 Å². The summed E-state index contributed by atoms with van der Waals surface area (Å²) in [5, 5.41) is 15.1. The molecule has 0 spiro atoms. The molecule has 2 heterocycles. The summed E-state index contributed by atoms with van der Waals surface area (Å²) in [6.45, 7) is 7.12.